The highest BCUT2D eigenvalue weighted by Gasteiger charge is 2.44. The zero-order chi connectivity index (χ0) is 20.5. The average molecular weight is 402 g/mol. The third kappa shape index (κ3) is 3.49. The summed E-state index contributed by atoms with van der Waals surface area (Å²) in [5.74, 6) is 0.429. The molecule has 12 nitrogen and oxygen atoms in total. The molecule has 4 rings (SSSR count). The number of benzene rings is 1. The van der Waals surface area contributed by atoms with Gasteiger partial charge in [-0.25, -0.2) is 15.0 Å². The first-order valence-electron chi connectivity index (χ1n) is 8.76. The number of aromatic nitrogens is 4. The van der Waals surface area contributed by atoms with E-state index >= 15 is 0 Å². The Morgan fingerprint density at radius 2 is 1.93 bits per heavy atom. The van der Waals surface area contributed by atoms with Gasteiger partial charge in [-0.15, -0.1) is 0 Å². The van der Waals surface area contributed by atoms with Crippen LogP contribution < -0.4 is 5.32 Å². The van der Waals surface area contributed by atoms with Gasteiger partial charge in [0.25, 0.3) is 5.69 Å². The number of rotatable bonds is 6. The number of fused-ring (bicyclic) bond motifs is 1. The fourth-order valence-corrected chi connectivity index (χ4v) is 3.20. The molecule has 4 N–H and O–H groups in total. The lowest BCUT2D eigenvalue weighted by molar-refractivity contribution is -0.384. The maximum absolute atomic E-state index is 10.7. The van der Waals surface area contributed by atoms with Crippen molar-refractivity contribution in [3.8, 4) is 0 Å². The normalized spacial score (nSPS) is 24.1. The summed E-state index contributed by atoms with van der Waals surface area (Å²) in [6.07, 6.45) is -1.62. The van der Waals surface area contributed by atoms with Crippen molar-refractivity contribution >= 4 is 22.7 Å². The highest BCUT2D eigenvalue weighted by atomic mass is 16.6. The monoisotopic (exact) mass is 402 g/mol. The number of aliphatic hydroxyl groups is 3. The molecule has 1 aliphatic heterocycles. The molecule has 1 saturated heterocycles. The summed E-state index contributed by atoms with van der Waals surface area (Å²) in [5, 5.41) is 43.3. The number of nitro groups is 1. The van der Waals surface area contributed by atoms with Gasteiger partial charge in [-0.1, -0.05) is 12.1 Å². The minimum Gasteiger partial charge on any atom is -0.394 e. The third-order valence-corrected chi connectivity index (χ3v) is 4.76. The predicted molar refractivity (Wildman–Crippen MR) is 98.8 cm³/mol. The fourth-order valence-electron chi connectivity index (χ4n) is 3.20. The summed E-state index contributed by atoms with van der Waals surface area (Å²) < 4.78 is 6.99. The van der Waals surface area contributed by atoms with Gasteiger partial charge in [0, 0.05) is 18.7 Å². The molecule has 12 heteroatoms. The van der Waals surface area contributed by atoms with Crippen LogP contribution in [0.5, 0.6) is 0 Å². The molecule has 4 atom stereocenters. The van der Waals surface area contributed by atoms with E-state index in [4.69, 9.17) is 4.74 Å². The Balaban J connectivity index is 1.55. The van der Waals surface area contributed by atoms with Gasteiger partial charge in [0.1, 0.15) is 24.6 Å². The summed E-state index contributed by atoms with van der Waals surface area (Å²) in [5.41, 5.74) is 1.62. The molecule has 152 valence electrons. The SMILES string of the molecule is O=[N+]([O-])c1ccc(CNc2ncnc3c2ncn3[C@@H]2O[C@H](CO)[C@H](O)C2O)cc1. The molecule has 1 aromatic carbocycles. The quantitative estimate of drug-likeness (QED) is 0.324. The smallest absolute Gasteiger partial charge is 0.269 e. The molecule has 1 unspecified atom stereocenters. The van der Waals surface area contributed by atoms with Gasteiger partial charge in [0.2, 0.25) is 0 Å². The molecule has 0 amide bonds. The van der Waals surface area contributed by atoms with Gasteiger partial charge < -0.3 is 25.4 Å². The van der Waals surface area contributed by atoms with Crippen LogP contribution in [0.25, 0.3) is 11.2 Å². The number of nitro benzene ring substituents is 1. The fraction of sp³-hybridized carbons (Fsp3) is 0.353. The number of aliphatic hydroxyl groups excluding tert-OH is 3. The first-order chi connectivity index (χ1) is 14.0. The molecule has 0 aliphatic carbocycles. The van der Waals surface area contributed by atoms with E-state index < -0.39 is 36.1 Å². The Morgan fingerprint density at radius 3 is 2.59 bits per heavy atom. The summed E-state index contributed by atoms with van der Waals surface area (Å²) in [6.45, 7) is -0.0802. The zero-order valence-corrected chi connectivity index (χ0v) is 15.0. The minimum absolute atomic E-state index is 0.00964. The maximum atomic E-state index is 10.7. The molecule has 3 aromatic rings. The lowest BCUT2D eigenvalue weighted by atomic mass is 10.1. The van der Waals surface area contributed by atoms with Crippen LogP contribution in [0.15, 0.2) is 36.9 Å². The highest BCUT2D eigenvalue weighted by Crippen LogP contribution is 2.32. The van der Waals surface area contributed by atoms with Gasteiger partial charge >= 0.3 is 0 Å². The third-order valence-electron chi connectivity index (χ3n) is 4.76. The van der Waals surface area contributed by atoms with Gasteiger partial charge in [-0.3, -0.25) is 14.7 Å². The topological polar surface area (TPSA) is 169 Å². The average Bonchev–Trinajstić information content (AvgIpc) is 3.28. The largest absolute Gasteiger partial charge is 0.394 e. The first-order valence-corrected chi connectivity index (χ1v) is 8.76. The number of imidazole rings is 1. The molecule has 0 spiro atoms. The number of ether oxygens (including phenoxy) is 1. The van der Waals surface area contributed by atoms with Gasteiger partial charge in [-0.2, -0.15) is 0 Å². The van der Waals surface area contributed by atoms with E-state index in [1.165, 1.54) is 29.4 Å². The van der Waals surface area contributed by atoms with Crippen LogP contribution >= 0.6 is 0 Å². The van der Waals surface area contributed by atoms with Crippen LogP contribution in [0.3, 0.4) is 0 Å². The first kappa shape index (κ1) is 19.1. The summed E-state index contributed by atoms with van der Waals surface area (Å²) >= 11 is 0. The Morgan fingerprint density at radius 1 is 1.17 bits per heavy atom. The molecule has 0 bridgehead atoms. The van der Waals surface area contributed by atoms with Crippen molar-refractivity contribution in [3.05, 3.63) is 52.6 Å². The molecule has 1 aliphatic rings. The molecule has 3 heterocycles. The van der Waals surface area contributed by atoms with Crippen molar-refractivity contribution < 1.29 is 25.0 Å². The number of hydrogen-bond acceptors (Lipinski definition) is 10. The predicted octanol–water partition coefficient (Wildman–Crippen LogP) is -0.0419. The number of nitrogens with zero attached hydrogens (tertiary/aromatic N) is 5. The summed E-state index contributed by atoms with van der Waals surface area (Å²) in [7, 11) is 0. The van der Waals surface area contributed by atoms with Crippen molar-refractivity contribution in [3.63, 3.8) is 0 Å². The van der Waals surface area contributed by atoms with Crippen LogP contribution in [-0.4, -0.2) is 64.7 Å². The van der Waals surface area contributed by atoms with E-state index in [1.54, 1.807) is 12.1 Å². The van der Waals surface area contributed by atoms with E-state index in [1.807, 2.05) is 0 Å². The van der Waals surface area contributed by atoms with Gasteiger partial charge in [0.15, 0.2) is 23.2 Å². The van der Waals surface area contributed by atoms with Crippen molar-refractivity contribution in [1.29, 1.82) is 0 Å². The van der Waals surface area contributed by atoms with Crippen LogP contribution in [0, 0.1) is 10.1 Å². The van der Waals surface area contributed by atoms with Gasteiger partial charge in [0.05, 0.1) is 17.9 Å². The molecule has 1 fully saturated rings. The molecule has 0 radical (unpaired) electrons. The van der Waals surface area contributed by atoms with Crippen LogP contribution in [0.2, 0.25) is 0 Å². The second kappa shape index (κ2) is 7.67. The minimum atomic E-state index is -1.25. The van der Waals surface area contributed by atoms with Crippen molar-refractivity contribution in [2.24, 2.45) is 0 Å². The van der Waals surface area contributed by atoms with Crippen molar-refractivity contribution in [2.75, 3.05) is 11.9 Å². The molecule has 29 heavy (non-hydrogen) atoms. The second-order valence-electron chi connectivity index (χ2n) is 6.55. The standard InChI is InChI=1S/C17H18N6O6/c24-6-11-13(25)14(26)17(29-11)22-8-21-12-15(19-7-20-16(12)22)18-5-9-1-3-10(4-2-9)23(27)28/h1-4,7-8,11,13-14,17,24-26H,5-6H2,(H,18,19,20)/t11-,13+,14?,17-/m1/s1. The molecular formula is C17H18N6O6. The maximum Gasteiger partial charge on any atom is 0.269 e. The Kier molecular flexibility index (Phi) is 5.07. The highest BCUT2D eigenvalue weighted by molar-refractivity contribution is 5.82. The number of non-ortho nitro benzene ring substituents is 1. The number of hydrogen-bond donors (Lipinski definition) is 4. The lowest BCUT2D eigenvalue weighted by Crippen LogP contribution is -2.33. The van der Waals surface area contributed by atoms with E-state index in [2.05, 4.69) is 20.3 Å². The summed E-state index contributed by atoms with van der Waals surface area (Å²) in [6, 6.07) is 6.12. The summed E-state index contributed by atoms with van der Waals surface area (Å²) in [4.78, 5) is 22.9. The van der Waals surface area contributed by atoms with E-state index in [9.17, 15) is 25.4 Å². The van der Waals surface area contributed by atoms with E-state index in [0.29, 0.717) is 23.5 Å². The lowest BCUT2D eigenvalue weighted by Gasteiger charge is -2.16. The van der Waals surface area contributed by atoms with E-state index in [-0.39, 0.29) is 5.69 Å². The van der Waals surface area contributed by atoms with Crippen LogP contribution in [0.1, 0.15) is 11.8 Å². The zero-order valence-electron chi connectivity index (χ0n) is 15.0. The number of nitrogens with one attached hydrogen (secondary N) is 1. The van der Waals surface area contributed by atoms with E-state index in [0.717, 1.165) is 5.56 Å². The number of anilines is 1. The van der Waals surface area contributed by atoms with Gasteiger partial charge in [-0.05, 0) is 5.56 Å². The van der Waals surface area contributed by atoms with Crippen LogP contribution in [-0.2, 0) is 11.3 Å². The Labute approximate surface area is 163 Å². The van der Waals surface area contributed by atoms with Crippen LogP contribution in [0.4, 0.5) is 11.5 Å². The van der Waals surface area contributed by atoms with Crippen molar-refractivity contribution in [2.45, 2.75) is 31.1 Å². The molecule has 0 saturated carbocycles. The molecular weight excluding hydrogens is 384 g/mol. The Hall–Kier alpha value is -3.19. The molecule has 2 aromatic heterocycles. The Bertz CT molecular complexity index is 1020. The van der Waals surface area contributed by atoms with Crippen molar-refractivity contribution in [1.82, 2.24) is 19.5 Å². The second-order valence-corrected chi connectivity index (χ2v) is 6.55.